The maximum atomic E-state index is 14.6. The highest BCUT2D eigenvalue weighted by Crippen LogP contribution is 2.38. The number of carbonyl (C=O) groups excluding carboxylic acids is 6. The van der Waals surface area contributed by atoms with Crippen molar-refractivity contribution in [3.63, 3.8) is 0 Å². The van der Waals surface area contributed by atoms with Crippen LogP contribution in [0, 0.1) is 17.9 Å². The molecule has 0 radical (unpaired) electrons. The molecule has 0 spiro atoms. The predicted octanol–water partition coefficient (Wildman–Crippen LogP) is 19.4. The summed E-state index contributed by atoms with van der Waals surface area (Å²) in [6, 6.07) is 59.6. The molecule has 0 saturated carbocycles. The summed E-state index contributed by atoms with van der Waals surface area (Å²) in [5.41, 5.74) is 5.08. The van der Waals surface area contributed by atoms with Gasteiger partial charge in [0.25, 0.3) is 17.8 Å². The van der Waals surface area contributed by atoms with E-state index in [-0.39, 0.29) is 68.9 Å². The van der Waals surface area contributed by atoms with Gasteiger partial charge in [-0.05, 0) is 87.7 Å². The Morgan fingerprint density at radius 3 is 1.13 bits per heavy atom. The first-order valence-electron chi connectivity index (χ1n) is 37.4. The van der Waals surface area contributed by atoms with Crippen LogP contribution in [0.25, 0.3) is 4.85 Å². The average Bonchev–Trinajstić information content (AvgIpc) is 0.747. The van der Waals surface area contributed by atoms with Gasteiger partial charge in [-0.15, -0.1) is 11.8 Å². The zero-order chi connectivity index (χ0) is 90.9. The molecule has 2 saturated heterocycles. The fraction of sp³-hybridized carbons (Fsp3) is 0.309. The molecule has 0 aliphatic carbocycles. The number of aromatic nitrogens is 3. The number of hydrazine groups is 6. The van der Waals surface area contributed by atoms with Crippen molar-refractivity contribution in [3.05, 3.63) is 221 Å². The maximum Gasteiger partial charge on any atom is 0.370 e. The van der Waals surface area contributed by atoms with Crippen LogP contribution in [-0.4, -0.2) is 212 Å². The summed E-state index contributed by atoms with van der Waals surface area (Å²) in [5.74, 6) is 0.806. The monoisotopic (exact) mass is 2000 g/mol. The average molecular weight is 2000 g/mol. The van der Waals surface area contributed by atoms with Gasteiger partial charge in [0.05, 0.1) is 30.3 Å². The lowest BCUT2D eigenvalue weighted by molar-refractivity contribution is -0.152. The highest BCUT2D eigenvalue weighted by Gasteiger charge is 2.50. The Hall–Kier alpha value is -7.51. The lowest BCUT2D eigenvalue weighted by Gasteiger charge is -2.47. The third-order valence-corrected chi connectivity index (χ3v) is 30.3. The van der Waals surface area contributed by atoms with E-state index >= 15 is 0 Å². The van der Waals surface area contributed by atoms with Crippen molar-refractivity contribution >= 4 is 309 Å². The molecule has 0 N–H and O–H groups in total. The molecular formula is C81H87N17O8S18. The SMILES string of the molecule is CCOC(=O)C(C)SC(=S)N1C(=O)CCC(=O)N1C(=S)SC(C)C(=O)OCC.O=C1N(C(=S)CSc2ccccc2)N(C(=S)SCc2ccccc2)C(=O)N(C(=S)SCc2ccccc2)N1C(=S)SCc1ccccc1.[C-]#[N+]C(SC(=S)N(C)N(C)c1nc(N(C)N(C)C(=S)SC(C)C#N)nc(N(C)N(C)C(=S)SC(C)c2ccccc2)n1)c1ccccc1. The zero-order valence-corrected chi connectivity index (χ0v) is 83.8. The molecule has 1 aromatic heterocycles. The van der Waals surface area contributed by atoms with E-state index in [0.29, 0.717) is 48.1 Å². The second-order valence-corrected chi connectivity index (χ2v) is 41.6. The molecule has 2 aliphatic rings. The molecule has 25 nitrogen and oxygen atoms in total. The number of ether oxygens (including phenoxy) is 2. The smallest absolute Gasteiger partial charge is 0.370 e. The van der Waals surface area contributed by atoms with Crippen LogP contribution >= 0.6 is 216 Å². The van der Waals surface area contributed by atoms with E-state index in [4.69, 9.17) is 141 Å². The third kappa shape index (κ3) is 30.6. The Balaban J connectivity index is 0.000000265. The number of thioether (sulfide) groups is 9. The third-order valence-electron chi connectivity index (χ3n) is 17.0. The van der Waals surface area contributed by atoms with E-state index in [0.717, 1.165) is 75.7 Å². The van der Waals surface area contributed by atoms with Crippen molar-refractivity contribution < 1.29 is 38.2 Å². The van der Waals surface area contributed by atoms with E-state index in [1.54, 1.807) is 99.6 Å². The molecular weight excluding hydrogens is 1920 g/mol. The molecule has 0 bridgehead atoms. The summed E-state index contributed by atoms with van der Waals surface area (Å²) in [7, 11) is 10.8. The first kappa shape index (κ1) is 104. The molecule has 6 aromatic carbocycles. The number of hydrogen-bond acceptors (Lipinski definition) is 33. The van der Waals surface area contributed by atoms with Crippen LogP contribution in [0.4, 0.5) is 27.4 Å². The van der Waals surface area contributed by atoms with Gasteiger partial charge in [-0.3, -0.25) is 54.1 Å². The van der Waals surface area contributed by atoms with Crippen LogP contribution in [0.5, 0.6) is 0 Å². The number of amides is 6. The van der Waals surface area contributed by atoms with Gasteiger partial charge in [0.1, 0.15) is 15.5 Å². The number of nitriles is 1. The summed E-state index contributed by atoms with van der Waals surface area (Å²) in [5, 5.41) is 24.3. The highest BCUT2D eigenvalue weighted by atomic mass is 32.2. The van der Waals surface area contributed by atoms with Gasteiger partial charge in [-0.2, -0.15) is 50.3 Å². The van der Waals surface area contributed by atoms with Gasteiger partial charge >= 0.3 is 29.4 Å². The van der Waals surface area contributed by atoms with Gasteiger partial charge in [0, 0.05) is 88.1 Å². The number of nitrogens with zero attached hydrogens (tertiary/aromatic N) is 17. The molecule has 5 atom stereocenters. The Morgan fingerprint density at radius 2 is 0.774 bits per heavy atom. The lowest BCUT2D eigenvalue weighted by Crippen LogP contribution is -2.72. The first-order valence-corrected chi connectivity index (χ1v) is 49.4. The summed E-state index contributed by atoms with van der Waals surface area (Å²) < 4.78 is 11.9. The van der Waals surface area contributed by atoms with Gasteiger partial charge in [-0.1, -0.05) is 362 Å². The summed E-state index contributed by atoms with van der Waals surface area (Å²) >= 11 is 62.4. The number of thiocarbonyl (C=S) groups is 9. The zero-order valence-electron chi connectivity index (χ0n) is 69.1. The van der Waals surface area contributed by atoms with Crippen molar-refractivity contribution in [2.75, 3.05) is 76.3 Å². The van der Waals surface area contributed by atoms with Crippen LogP contribution in [-0.2, 0) is 45.9 Å². The molecule has 43 heteroatoms. The van der Waals surface area contributed by atoms with Crippen LogP contribution in [0.1, 0.15) is 92.8 Å². The minimum Gasteiger partial charge on any atom is -0.465 e. The molecule has 5 unspecified atom stereocenters. The molecule has 3 heterocycles. The van der Waals surface area contributed by atoms with Crippen molar-refractivity contribution in [2.24, 2.45) is 0 Å². The molecule has 9 rings (SSSR count). The van der Waals surface area contributed by atoms with Crippen LogP contribution in [0.15, 0.2) is 187 Å². The minimum atomic E-state index is -0.668. The molecule has 6 amide bonds. The van der Waals surface area contributed by atoms with E-state index in [2.05, 4.69) is 30.0 Å². The van der Waals surface area contributed by atoms with Crippen molar-refractivity contribution in [2.45, 2.75) is 103 Å². The minimum absolute atomic E-state index is 0.00495. The number of carbonyl (C=O) groups is 6. The van der Waals surface area contributed by atoms with Gasteiger partial charge in [-0.25, -0.2) is 16.2 Å². The quantitative estimate of drug-likeness (QED) is 0.0161. The summed E-state index contributed by atoms with van der Waals surface area (Å²) in [6.07, 6.45) is -0.0466. The highest BCUT2D eigenvalue weighted by molar-refractivity contribution is 8.26. The fourth-order valence-electron chi connectivity index (χ4n) is 10.1. The number of urea groups is 2. The molecule has 2 aliphatic heterocycles. The normalized spacial score (nSPS) is 13.6. The van der Waals surface area contributed by atoms with Gasteiger partial charge < -0.3 is 9.47 Å². The summed E-state index contributed by atoms with van der Waals surface area (Å²) in [6.45, 7) is 18.6. The van der Waals surface area contributed by atoms with Crippen LogP contribution in [0.2, 0.25) is 0 Å². The lowest BCUT2D eigenvalue weighted by atomic mass is 10.2. The molecule has 2 fully saturated rings. The largest absolute Gasteiger partial charge is 0.465 e. The maximum absolute atomic E-state index is 14.6. The second-order valence-electron chi connectivity index (χ2n) is 25.6. The Bertz CT molecular complexity index is 4710. The Kier molecular flexibility index (Phi) is 44.0. The fourth-order valence-corrected chi connectivity index (χ4v) is 21.1. The first-order chi connectivity index (χ1) is 59.2. The van der Waals surface area contributed by atoms with Gasteiger partial charge in [0.2, 0.25) is 11.8 Å². The van der Waals surface area contributed by atoms with E-state index in [1.165, 1.54) is 81.1 Å². The van der Waals surface area contributed by atoms with Crippen LogP contribution in [0.3, 0.4) is 0 Å². The number of rotatable bonds is 26. The number of hydrogen-bond donors (Lipinski definition) is 0. The molecule has 124 heavy (non-hydrogen) atoms. The molecule has 652 valence electrons. The standard InChI is InChI=1S/C34H28N4O2S8.C31H37N11S6.C16H22N2O6S4/c39-30-35(29(41)24-45-28-19-11-4-12-20-28)36(32(42)46-21-25-13-5-1-6-14-25)31(40)38(34(44)48-23-27-17-9-3-10-18-27)37(30)33(43)47-22-26-15-7-2-8-16-26;1-21(20-32)46-29(43)40(7)37(4)26-34-27(38(5)41(8)30(44)47-22(2)23-16-12-10-13-17-23)36-28(35-26)39(6)42(9)31(45)48-25(33-3)24-18-14-11-15-19-24;1-5-23-13(21)9(3)27-15(25)17-11(19)7-8-12(20)18(17)16(26)28-10(4)14(22)24-6-2/h1-20H,21-24H2;10-19,21-22,25H,1-2,4-9H3;9-10H,5-8H2,1-4H3. The molecule has 7 aromatic rings. The summed E-state index contributed by atoms with van der Waals surface area (Å²) in [4.78, 5) is 97.2. The van der Waals surface area contributed by atoms with E-state index in [9.17, 15) is 34.0 Å². The van der Waals surface area contributed by atoms with Crippen LogP contribution < -0.4 is 15.0 Å². The Labute approximate surface area is 810 Å². The number of benzene rings is 6. The van der Waals surface area contributed by atoms with Crippen molar-refractivity contribution in [3.8, 4) is 6.07 Å². The van der Waals surface area contributed by atoms with Gasteiger partial charge in [0.15, 0.2) is 34.6 Å². The predicted molar refractivity (Wildman–Crippen MR) is 549 cm³/mol. The topological polar surface area (TPSA) is 227 Å². The number of anilines is 3. The van der Waals surface area contributed by atoms with Crippen molar-refractivity contribution in [1.82, 2.24) is 60.0 Å². The number of esters is 2. The Morgan fingerprint density at radius 1 is 0.452 bits per heavy atom. The van der Waals surface area contributed by atoms with E-state index in [1.807, 2.05) is 189 Å². The van der Waals surface area contributed by atoms with Crippen molar-refractivity contribution in [1.29, 1.82) is 5.26 Å². The van der Waals surface area contributed by atoms with E-state index < -0.39 is 51.7 Å². The second kappa shape index (κ2) is 52.7.